The number of ketones is 1. The summed E-state index contributed by atoms with van der Waals surface area (Å²) in [5.41, 5.74) is 3.43. The summed E-state index contributed by atoms with van der Waals surface area (Å²) in [7, 11) is 5.02. The average molecular weight is 479 g/mol. The molecule has 1 aromatic heterocycles. The monoisotopic (exact) mass is 478 g/mol. The van der Waals surface area contributed by atoms with Crippen molar-refractivity contribution in [3.8, 4) is 5.75 Å². The van der Waals surface area contributed by atoms with Gasteiger partial charge in [-0.2, -0.15) is 0 Å². The first-order valence-electron chi connectivity index (χ1n) is 13.0. The molecule has 0 bridgehead atoms. The quantitative estimate of drug-likeness (QED) is 0.310. The molecule has 35 heavy (non-hydrogen) atoms. The zero-order valence-corrected chi connectivity index (χ0v) is 22.0. The van der Waals surface area contributed by atoms with E-state index in [1.165, 1.54) is 23.9 Å². The number of para-hydroxylation sites is 2. The Morgan fingerprint density at radius 1 is 0.943 bits per heavy atom. The fraction of sp³-hybridized carbons (Fsp3) is 0.500. The van der Waals surface area contributed by atoms with Gasteiger partial charge in [0.1, 0.15) is 5.75 Å². The van der Waals surface area contributed by atoms with Crippen LogP contribution in [-0.4, -0.2) is 56.2 Å². The fourth-order valence-electron chi connectivity index (χ4n) is 5.06. The molecule has 2 aromatic carbocycles. The van der Waals surface area contributed by atoms with E-state index < -0.39 is 0 Å². The molecule has 0 aliphatic carbocycles. The van der Waals surface area contributed by atoms with Gasteiger partial charge in [-0.25, -0.2) is 0 Å². The molecule has 190 valence electrons. The number of unbranched alkanes of at least 4 members (excludes halogenated alkanes) is 1. The highest BCUT2D eigenvalue weighted by atomic mass is 16.5. The fourth-order valence-corrected chi connectivity index (χ4v) is 5.06. The number of ether oxygens (including phenoxy) is 2. The molecule has 3 aromatic rings. The van der Waals surface area contributed by atoms with Crippen molar-refractivity contribution >= 4 is 16.7 Å². The number of hydrogen-bond acceptors (Lipinski definition) is 4. The van der Waals surface area contributed by atoms with Crippen molar-refractivity contribution in [3.63, 3.8) is 0 Å². The Morgan fingerprint density at radius 3 is 2.34 bits per heavy atom. The Kier molecular flexibility index (Phi) is 10.8. The highest BCUT2D eigenvalue weighted by molar-refractivity contribution is 6.08. The van der Waals surface area contributed by atoms with Gasteiger partial charge in [0.15, 0.2) is 5.78 Å². The number of hydrogen-bond donors (Lipinski definition) is 0. The highest BCUT2D eigenvalue weighted by Gasteiger charge is 2.22. The molecular formula is C30H42N2O3. The van der Waals surface area contributed by atoms with E-state index in [0.717, 1.165) is 62.1 Å². The lowest BCUT2D eigenvalue weighted by molar-refractivity contribution is 0.0981. The van der Waals surface area contributed by atoms with Gasteiger partial charge in [0.05, 0.1) is 7.11 Å². The molecule has 0 amide bonds. The van der Waals surface area contributed by atoms with E-state index >= 15 is 0 Å². The van der Waals surface area contributed by atoms with Gasteiger partial charge in [-0.05, 0) is 68.9 Å². The molecule has 0 spiro atoms. The van der Waals surface area contributed by atoms with E-state index in [1.807, 2.05) is 12.1 Å². The largest absolute Gasteiger partial charge is 0.496 e. The van der Waals surface area contributed by atoms with Crippen molar-refractivity contribution in [2.24, 2.45) is 0 Å². The summed E-state index contributed by atoms with van der Waals surface area (Å²) < 4.78 is 12.1. The molecule has 0 N–H and O–H groups in total. The van der Waals surface area contributed by atoms with E-state index in [9.17, 15) is 4.79 Å². The number of likely N-dealkylation sites (tertiary alicyclic amines) is 1. The zero-order valence-electron chi connectivity index (χ0n) is 22.0. The molecule has 5 nitrogen and oxygen atoms in total. The van der Waals surface area contributed by atoms with Gasteiger partial charge in [0.25, 0.3) is 0 Å². The average Bonchev–Trinajstić information content (AvgIpc) is 3.27. The number of carbonyl (C=O) groups is 1. The summed E-state index contributed by atoms with van der Waals surface area (Å²) in [5.74, 6) is 1.89. The Hall–Kier alpha value is -2.63. The highest BCUT2D eigenvalue weighted by Crippen LogP contribution is 2.34. The predicted octanol–water partition coefficient (Wildman–Crippen LogP) is 6.56. The van der Waals surface area contributed by atoms with Crippen LogP contribution in [0.2, 0.25) is 0 Å². The lowest BCUT2D eigenvalue weighted by Crippen LogP contribution is -2.34. The topological polar surface area (TPSA) is 43.7 Å². The number of rotatable bonds is 10. The normalized spacial score (nSPS) is 14.5. The minimum atomic E-state index is 0.278. The number of Topliss-reactive ketones (excluding diaryl/α,β-unsaturated/α-hetero) is 1. The third-order valence-corrected chi connectivity index (χ3v) is 6.89. The SMILES string of the molecule is CCCCC(=O)c1cn(CCCN2CCC(c3ccccc3OC)CC2)c2ccccc12.COC. The van der Waals surface area contributed by atoms with E-state index in [-0.39, 0.29) is 5.78 Å². The molecule has 0 atom stereocenters. The Morgan fingerprint density at radius 2 is 1.63 bits per heavy atom. The summed E-state index contributed by atoms with van der Waals surface area (Å²) in [4.78, 5) is 15.3. The number of piperidine rings is 1. The number of nitrogens with zero attached hydrogens (tertiary/aromatic N) is 2. The van der Waals surface area contributed by atoms with Crippen molar-refractivity contribution in [2.45, 2.75) is 57.9 Å². The van der Waals surface area contributed by atoms with Crippen molar-refractivity contribution in [1.29, 1.82) is 0 Å². The van der Waals surface area contributed by atoms with Gasteiger partial charge >= 0.3 is 0 Å². The van der Waals surface area contributed by atoms with Crippen molar-refractivity contribution in [2.75, 3.05) is 41.0 Å². The van der Waals surface area contributed by atoms with Gasteiger partial charge in [0, 0.05) is 49.8 Å². The predicted molar refractivity (Wildman–Crippen MR) is 145 cm³/mol. The van der Waals surface area contributed by atoms with E-state index in [4.69, 9.17) is 4.74 Å². The van der Waals surface area contributed by atoms with Crippen LogP contribution in [0, 0.1) is 0 Å². The lowest BCUT2D eigenvalue weighted by atomic mass is 9.89. The van der Waals surface area contributed by atoms with Crippen molar-refractivity contribution in [1.82, 2.24) is 9.47 Å². The van der Waals surface area contributed by atoms with Crippen LogP contribution in [0.25, 0.3) is 10.9 Å². The first-order chi connectivity index (χ1) is 17.1. The van der Waals surface area contributed by atoms with Gasteiger partial charge in [-0.1, -0.05) is 49.7 Å². The summed E-state index contributed by atoms with van der Waals surface area (Å²) in [6.45, 7) is 6.46. The molecule has 1 saturated heterocycles. The molecule has 5 heteroatoms. The molecule has 1 fully saturated rings. The molecular weight excluding hydrogens is 436 g/mol. The van der Waals surface area contributed by atoms with Crippen LogP contribution >= 0.6 is 0 Å². The summed E-state index contributed by atoms with van der Waals surface area (Å²) >= 11 is 0. The summed E-state index contributed by atoms with van der Waals surface area (Å²) in [5, 5.41) is 1.10. The number of benzene rings is 2. The van der Waals surface area contributed by atoms with Crippen LogP contribution in [0.4, 0.5) is 0 Å². The Labute approximate surface area is 211 Å². The maximum absolute atomic E-state index is 12.7. The maximum atomic E-state index is 12.7. The zero-order chi connectivity index (χ0) is 25.0. The molecule has 0 unspecified atom stereocenters. The van der Waals surface area contributed by atoms with Gasteiger partial charge in [-0.3, -0.25) is 4.79 Å². The second-order valence-corrected chi connectivity index (χ2v) is 9.40. The summed E-state index contributed by atoms with van der Waals surface area (Å²) in [6.07, 6.45) is 8.22. The standard InChI is InChI=1S/C28H36N2O2.C2H6O/c1-3-4-13-27(31)25-21-30(26-12-7-5-11-24(25)26)18-9-17-29-19-15-22(16-20-29)23-10-6-8-14-28(23)32-2;1-3-2/h5-8,10-12,14,21-22H,3-4,9,13,15-20H2,1-2H3;1-2H3. The van der Waals surface area contributed by atoms with E-state index in [0.29, 0.717) is 12.3 Å². The smallest absolute Gasteiger partial charge is 0.165 e. The van der Waals surface area contributed by atoms with Gasteiger partial charge < -0.3 is 18.9 Å². The number of aromatic nitrogens is 1. The minimum Gasteiger partial charge on any atom is -0.496 e. The van der Waals surface area contributed by atoms with Crippen molar-refractivity contribution in [3.05, 3.63) is 65.9 Å². The number of fused-ring (bicyclic) bond motifs is 1. The maximum Gasteiger partial charge on any atom is 0.165 e. The molecule has 4 rings (SSSR count). The van der Waals surface area contributed by atoms with Crippen LogP contribution in [0.3, 0.4) is 0 Å². The van der Waals surface area contributed by atoms with Crippen LogP contribution in [-0.2, 0) is 11.3 Å². The Bertz CT molecular complexity index is 1050. The van der Waals surface area contributed by atoms with Crippen LogP contribution in [0.5, 0.6) is 5.75 Å². The van der Waals surface area contributed by atoms with Gasteiger partial charge in [-0.15, -0.1) is 0 Å². The second-order valence-electron chi connectivity index (χ2n) is 9.40. The first kappa shape index (κ1) is 27.0. The third kappa shape index (κ3) is 7.18. The van der Waals surface area contributed by atoms with Crippen LogP contribution in [0.15, 0.2) is 54.7 Å². The van der Waals surface area contributed by atoms with E-state index in [1.54, 1.807) is 21.3 Å². The molecule has 0 saturated carbocycles. The lowest BCUT2D eigenvalue weighted by Gasteiger charge is -2.32. The molecule has 2 heterocycles. The summed E-state index contributed by atoms with van der Waals surface area (Å²) in [6, 6.07) is 16.8. The Balaban J connectivity index is 0.00000108. The van der Waals surface area contributed by atoms with Gasteiger partial charge in [0.2, 0.25) is 0 Å². The molecule has 0 radical (unpaired) electrons. The number of carbonyl (C=O) groups excluding carboxylic acids is 1. The van der Waals surface area contributed by atoms with Crippen LogP contribution in [0.1, 0.15) is 67.3 Å². The van der Waals surface area contributed by atoms with Crippen molar-refractivity contribution < 1.29 is 14.3 Å². The van der Waals surface area contributed by atoms with Crippen LogP contribution < -0.4 is 4.74 Å². The number of aryl methyl sites for hydroxylation is 1. The number of methoxy groups -OCH3 is 2. The third-order valence-electron chi connectivity index (χ3n) is 6.89. The minimum absolute atomic E-state index is 0.278. The van der Waals surface area contributed by atoms with E-state index in [2.05, 4.69) is 63.7 Å². The molecule has 1 aliphatic heterocycles. The first-order valence-corrected chi connectivity index (χ1v) is 13.0. The second kappa shape index (κ2) is 14.1. The molecule has 1 aliphatic rings.